The van der Waals surface area contributed by atoms with Gasteiger partial charge in [-0.25, -0.2) is 0 Å². The van der Waals surface area contributed by atoms with Crippen LogP contribution in [0.3, 0.4) is 0 Å². The molecule has 0 fully saturated rings. The van der Waals surface area contributed by atoms with Crippen molar-refractivity contribution in [1.82, 2.24) is 0 Å². The third kappa shape index (κ3) is 2.73. The highest BCUT2D eigenvalue weighted by Crippen LogP contribution is 2.54. The van der Waals surface area contributed by atoms with Gasteiger partial charge in [0.25, 0.3) is 0 Å². The third-order valence-electron chi connectivity index (χ3n) is 6.27. The molecule has 0 bridgehead atoms. The van der Waals surface area contributed by atoms with E-state index < -0.39 is 0 Å². The van der Waals surface area contributed by atoms with Crippen LogP contribution in [0.5, 0.6) is 11.5 Å². The Morgan fingerprint density at radius 1 is 1.10 bits per heavy atom. The number of benzene rings is 3. The summed E-state index contributed by atoms with van der Waals surface area (Å²) in [6, 6.07) is 20.2. The van der Waals surface area contributed by atoms with E-state index in [1.807, 2.05) is 24.3 Å². The van der Waals surface area contributed by atoms with Crippen LogP contribution < -0.4 is 15.8 Å². The summed E-state index contributed by atoms with van der Waals surface area (Å²) < 4.78 is 5.35. The Labute approximate surface area is 169 Å². The number of phenolic OH excluding ortho intramolecular Hbond substituents is 1. The van der Waals surface area contributed by atoms with E-state index in [9.17, 15) is 5.11 Å². The number of hydrogen-bond donors (Lipinski definition) is 4. The van der Waals surface area contributed by atoms with Crippen LogP contribution in [0.4, 0.5) is 5.69 Å². The lowest BCUT2D eigenvalue weighted by molar-refractivity contribution is 0.370. The summed E-state index contributed by atoms with van der Waals surface area (Å²) in [5.74, 6) is 1.25. The molecule has 3 atom stereocenters. The number of aromatic hydroxyl groups is 1. The van der Waals surface area contributed by atoms with E-state index in [1.54, 1.807) is 13.2 Å². The average molecular weight is 385 g/mol. The highest BCUT2D eigenvalue weighted by atomic mass is 16.5. The molecular weight excluding hydrogens is 362 g/mol. The molecule has 5 nitrogen and oxygen atoms in total. The van der Waals surface area contributed by atoms with Crippen molar-refractivity contribution < 1.29 is 9.84 Å². The first-order valence-electron chi connectivity index (χ1n) is 9.76. The number of nitrogen functional groups attached to an aromatic ring is 1. The fraction of sp³-hybridized carbons (Fsp3) is 0.208. The van der Waals surface area contributed by atoms with Crippen LogP contribution >= 0.6 is 0 Å². The van der Waals surface area contributed by atoms with Gasteiger partial charge in [-0.15, -0.1) is 0 Å². The lowest BCUT2D eigenvalue weighted by Gasteiger charge is -2.38. The van der Waals surface area contributed by atoms with E-state index in [4.69, 9.17) is 15.9 Å². The zero-order valence-electron chi connectivity index (χ0n) is 16.1. The highest BCUT2D eigenvalue weighted by Gasteiger charge is 2.43. The molecule has 3 aromatic rings. The molecule has 0 amide bonds. The van der Waals surface area contributed by atoms with Crippen LogP contribution in [0.25, 0.3) is 0 Å². The minimum Gasteiger partial charge on any atom is -0.504 e. The van der Waals surface area contributed by atoms with Crippen LogP contribution in [0.15, 0.2) is 60.7 Å². The summed E-state index contributed by atoms with van der Waals surface area (Å²) in [6.07, 6.45) is 0.964. The molecule has 5 rings (SSSR count). The quantitative estimate of drug-likeness (QED) is 0.402. The van der Waals surface area contributed by atoms with Crippen molar-refractivity contribution in [3.05, 3.63) is 88.5 Å². The van der Waals surface area contributed by atoms with Crippen LogP contribution in [0, 0.1) is 11.3 Å². The van der Waals surface area contributed by atoms with Crippen LogP contribution in [0.1, 0.15) is 39.8 Å². The van der Waals surface area contributed by atoms with E-state index in [0.717, 1.165) is 23.2 Å². The fourth-order valence-electron chi connectivity index (χ4n) is 4.95. The second-order valence-electron chi connectivity index (χ2n) is 7.81. The van der Waals surface area contributed by atoms with E-state index in [1.165, 1.54) is 16.7 Å². The molecule has 0 saturated heterocycles. The molecule has 1 aliphatic carbocycles. The summed E-state index contributed by atoms with van der Waals surface area (Å²) in [6.45, 7) is 0. The number of nitrogens with two attached hydrogens (primary N) is 1. The lowest BCUT2D eigenvalue weighted by Crippen LogP contribution is -2.30. The number of fused-ring (bicyclic) bond motifs is 5. The molecule has 1 aliphatic heterocycles. The number of nitrogens with one attached hydrogen (secondary N) is 2. The molecule has 146 valence electrons. The van der Waals surface area contributed by atoms with E-state index in [2.05, 4.69) is 35.6 Å². The molecule has 29 heavy (non-hydrogen) atoms. The maximum absolute atomic E-state index is 10.0. The predicted octanol–water partition coefficient (Wildman–Crippen LogP) is 4.16. The maximum Gasteiger partial charge on any atom is 0.160 e. The van der Waals surface area contributed by atoms with Crippen molar-refractivity contribution in [2.24, 2.45) is 11.7 Å². The number of phenols is 1. The van der Waals surface area contributed by atoms with E-state index >= 15 is 0 Å². The SMILES string of the molecule is COc1cc([C@@H]2Nc3ccc(C(=N)N)cc3[C@H]3c4ccccc4C[C@H]32)ccc1O. The molecule has 5 heteroatoms. The Hall–Kier alpha value is -3.47. The molecule has 0 aromatic heterocycles. The molecule has 1 heterocycles. The third-order valence-corrected chi connectivity index (χ3v) is 6.27. The van der Waals surface area contributed by atoms with Crippen LogP contribution in [0.2, 0.25) is 0 Å². The standard InChI is InChI=1S/C24H23N3O2/c1-29-21-12-14(7-9-20(21)28)23-18-10-13-4-2-3-5-16(13)22(18)17-11-15(24(25)26)6-8-19(17)27-23/h2-9,11-12,18,22-23,27-28H,10H2,1H3,(H3,25,26)/t18-,22-,23+/m1/s1. The second kappa shape index (κ2) is 6.55. The molecule has 3 aromatic carbocycles. The molecule has 0 radical (unpaired) electrons. The highest BCUT2D eigenvalue weighted by molar-refractivity contribution is 5.95. The first-order valence-corrected chi connectivity index (χ1v) is 9.76. The van der Waals surface area contributed by atoms with Crippen molar-refractivity contribution in [2.75, 3.05) is 12.4 Å². The summed E-state index contributed by atoms with van der Waals surface area (Å²) in [4.78, 5) is 0. The Morgan fingerprint density at radius 3 is 2.72 bits per heavy atom. The lowest BCUT2D eigenvalue weighted by atomic mass is 9.75. The first kappa shape index (κ1) is 17.6. The number of hydrogen-bond acceptors (Lipinski definition) is 4. The Balaban J connectivity index is 1.67. The van der Waals surface area contributed by atoms with Crippen molar-refractivity contribution in [1.29, 1.82) is 5.41 Å². The number of methoxy groups -OCH3 is 1. The van der Waals surface area contributed by atoms with Gasteiger partial charge in [0, 0.05) is 17.2 Å². The average Bonchev–Trinajstić information content (AvgIpc) is 3.13. The van der Waals surface area contributed by atoms with Crippen LogP contribution in [-0.4, -0.2) is 18.1 Å². The van der Waals surface area contributed by atoms with Gasteiger partial charge >= 0.3 is 0 Å². The van der Waals surface area contributed by atoms with Gasteiger partial charge in [-0.3, -0.25) is 5.41 Å². The summed E-state index contributed by atoms with van der Waals surface area (Å²) in [7, 11) is 1.57. The largest absolute Gasteiger partial charge is 0.504 e. The summed E-state index contributed by atoms with van der Waals surface area (Å²) in [5, 5.41) is 21.6. The fourth-order valence-corrected chi connectivity index (χ4v) is 4.95. The topological polar surface area (TPSA) is 91.4 Å². The van der Waals surface area contributed by atoms with Gasteiger partial charge in [0.05, 0.1) is 13.2 Å². The zero-order chi connectivity index (χ0) is 20.1. The molecule has 0 saturated carbocycles. The number of rotatable bonds is 3. The zero-order valence-corrected chi connectivity index (χ0v) is 16.1. The van der Waals surface area contributed by atoms with Crippen LogP contribution in [-0.2, 0) is 6.42 Å². The molecule has 5 N–H and O–H groups in total. The Morgan fingerprint density at radius 2 is 1.93 bits per heavy atom. The van der Waals surface area contributed by atoms with Gasteiger partial charge < -0.3 is 20.9 Å². The Kier molecular flexibility index (Phi) is 3.98. The van der Waals surface area contributed by atoms with Gasteiger partial charge in [-0.1, -0.05) is 30.3 Å². The monoisotopic (exact) mass is 385 g/mol. The van der Waals surface area contributed by atoms with E-state index in [-0.39, 0.29) is 23.5 Å². The van der Waals surface area contributed by atoms with Crippen molar-refractivity contribution in [2.45, 2.75) is 18.4 Å². The van der Waals surface area contributed by atoms with Crippen molar-refractivity contribution in [3.63, 3.8) is 0 Å². The normalized spacial score (nSPS) is 21.5. The van der Waals surface area contributed by atoms with Crippen molar-refractivity contribution in [3.8, 4) is 11.5 Å². The molecular formula is C24H23N3O2. The molecule has 0 spiro atoms. The minimum absolute atomic E-state index is 0.0811. The molecule has 0 unspecified atom stereocenters. The van der Waals surface area contributed by atoms with Gasteiger partial charge in [-0.2, -0.15) is 0 Å². The number of anilines is 1. The second-order valence-corrected chi connectivity index (χ2v) is 7.81. The van der Waals surface area contributed by atoms with E-state index in [0.29, 0.717) is 11.7 Å². The van der Waals surface area contributed by atoms with Gasteiger partial charge in [-0.05, 0) is 64.9 Å². The molecule has 2 aliphatic rings. The van der Waals surface area contributed by atoms with Gasteiger partial charge in [0.2, 0.25) is 0 Å². The number of ether oxygens (including phenoxy) is 1. The Bertz CT molecular complexity index is 1120. The summed E-state index contributed by atoms with van der Waals surface area (Å²) >= 11 is 0. The number of amidine groups is 1. The predicted molar refractivity (Wildman–Crippen MR) is 114 cm³/mol. The summed E-state index contributed by atoms with van der Waals surface area (Å²) in [5.41, 5.74) is 12.6. The van der Waals surface area contributed by atoms with Crippen molar-refractivity contribution >= 4 is 11.5 Å². The minimum atomic E-state index is 0.0811. The smallest absolute Gasteiger partial charge is 0.160 e. The van der Waals surface area contributed by atoms with Gasteiger partial charge in [0.1, 0.15) is 5.84 Å². The van der Waals surface area contributed by atoms with Gasteiger partial charge in [0.15, 0.2) is 11.5 Å². The maximum atomic E-state index is 10.0. The first-order chi connectivity index (χ1) is 14.1.